The number of hydrogen-bond acceptors (Lipinski definition) is 6. The average Bonchev–Trinajstić information content (AvgIpc) is 2.56. The number of nitrogens with one attached hydrogen (secondary N) is 1. The fourth-order valence-corrected chi connectivity index (χ4v) is 3.08. The van der Waals surface area contributed by atoms with Gasteiger partial charge in [-0.3, -0.25) is 4.72 Å². The molecule has 104 valence electrons. The summed E-state index contributed by atoms with van der Waals surface area (Å²) < 4.78 is 35.7. The summed E-state index contributed by atoms with van der Waals surface area (Å²) in [5.74, 6) is -0.0889. The second-order valence-electron chi connectivity index (χ2n) is 3.69. The highest BCUT2D eigenvalue weighted by Crippen LogP contribution is 2.21. The molecule has 0 saturated carbocycles. The summed E-state index contributed by atoms with van der Waals surface area (Å²) in [6.07, 6.45) is 0. The third-order valence-electron chi connectivity index (χ3n) is 2.20. The molecule has 0 aliphatic heterocycles. The predicted octanol–water partition coefficient (Wildman–Crippen LogP) is 1.16. The van der Waals surface area contributed by atoms with Crippen molar-refractivity contribution in [3.05, 3.63) is 10.6 Å². The summed E-state index contributed by atoms with van der Waals surface area (Å²) in [4.78, 5) is 5.12. The van der Waals surface area contributed by atoms with E-state index in [1.807, 2.05) is 13.8 Å². The highest BCUT2D eigenvalue weighted by atomic mass is 32.2. The van der Waals surface area contributed by atoms with Crippen molar-refractivity contribution in [2.75, 3.05) is 37.4 Å². The van der Waals surface area contributed by atoms with Crippen molar-refractivity contribution in [1.82, 2.24) is 4.98 Å². The van der Waals surface area contributed by atoms with Gasteiger partial charge in [0.05, 0.1) is 31.3 Å². The molecule has 0 fully saturated rings. The van der Waals surface area contributed by atoms with E-state index >= 15 is 0 Å². The van der Waals surface area contributed by atoms with Gasteiger partial charge < -0.3 is 9.47 Å². The van der Waals surface area contributed by atoms with Crippen LogP contribution in [0.15, 0.2) is 0 Å². The maximum atomic E-state index is 11.7. The molecule has 1 rings (SSSR count). The lowest BCUT2D eigenvalue weighted by molar-refractivity contribution is 0.0785. The van der Waals surface area contributed by atoms with Gasteiger partial charge in [-0.2, -0.15) is 0 Å². The molecule has 0 amide bonds. The van der Waals surface area contributed by atoms with Crippen LogP contribution in [-0.4, -0.2) is 46.1 Å². The fraction of sp³-hybridized carbons (Fsp3) is 0.700. The number of rotatable bonds is 8. The molecule has 18 heavy (non-hydrogen) atoms. The van der Waals surface area contributed by atoms with E-state index < -0.39 is 10.0 Å². The Morgan fingerprint density at radius 2 is 2.00 bits per heavy atom. The number of anilines is 1. The number of thiazole rings is 1. The van der Waals surface area contributed by atoms with Crippen LogP contribution in [0.3, 0.4) is 0 Å². The van der Waals surface area contributed by atoms with Crippen molar-refractivity contribution in [2.24, 2.45) is 0 Å². The van der Waals surface area contributed by atoms with Gasteiger partial charge >= 0.3 is 0 Å². The Balaban J connectivity index is 2.40. The van der Waals surface area contributed by atoms with Gasteiger partial charge in [0.1, 0.15) is 0 Å². The maximum Gasteiger partial charge on any atom is 0.236 e. The Morgan fingerprint density at radius 3 is 2.56 bits per heavy atom. The van der Waals surface area contributed by atoms with E-state index in [1.54, 1.807) is 7.11 Å². The highest BCUT2D eigenvalue weighted by Gasteiger charge is 2.13. The molecular formula is C10H18N2O4S2. The van der Waals surface area contributed by atoms with Gasteiger partial charge in [-0.1, -0.05) is 0 Å². The molecule has 0 bridgehead atoms. The van der Waals surface area contributed by atoms with Crippen molar-refractivity contribution in [3.63, 3.8) is 0 Å². The standard InChI is InChI=1S/C10H18N2O4S2/c1-8-9(2)17-10(11-8)12-18(13,14)7-6-16-5-4-15-3/h4-7H2,1-3H3,(H,11,12). The van der Waals surface area contributed by atoms with Crippen LogP contribution in [0.5, 0.6) is 0 Å². The molecular weight excluding hydrogens is 276 g/mol. The van der Waals surface area contributed by atoms with Gasteiger partial charge in [0, 0.05) is 12.0 Å². The third kappa shape index (κ3) is 5.30. The monoisotopic (exact) mass is 294 g/mol. The van der Waals surface area contributed by atoms with Crippen LogP contribution in [0, 0.1) is 13.8 Å². The van der Waals surface area contributed by atoms with Gasteiger partial charge in [-0.15, -0.1) is 11.3 Å². The van der Waals surface area contributed by atoms with Gasteiger partial charge in [0.25, 0.3) is 0 Å². The van der Waals surface area contributed by atoms with Crippen LogP contribution in [-0.2, 0) is 19.5 Å². The van der Waals surface area contributed by atoms with Gasteiger partial charge in [-0.05, 0) is 13.8 Å². The zero-order chi connectivity index (χ0) is 13.6. The van der Waals surface area contributed by atoms with Crippen LogP contribution in [0.25, 0.3) is 0 Å². The molecule has 0 radical (unpaired) electrons. The summed E-state index contributed by atoms with van der Waals surface area (Å²) in [7, 11) is -1.83. The van der Waals surface area contributed by atoms with Crippen LogP contribution >= 0.6 is 11.3 Å². The molecule has 0 spiro atoms. The number of methoxy groups -OCH3 is 1. The summed E-state index contributed by atoms with van der Waals surface area (Å²) >= 11 is 1.33. The van der Waals surface area contributed by atoms with E-state index in [9.17, 15) is 8.42 Å². The van der Waals surface area contributed by atoms with Gasteiger partial charge in [0.15, 0.2) is 5.13 Å². The maximum absolute atomic E-state index is 11.7. The molecule has 0 saturated heterocycles. The van der Waals surface area contributed by atoms with Crippen molar-refractivity contribution >= 4 is 26.5 Å². The van der Waals surface area contributed by atoms with E-state index in [0.29, 0.717) is 18.3 Å². The summed E-state index contributed by atoms with van der Waals surface area (Å²) in [6, 6.07) is 0. The molecule has 0 aliphatic carbocycles. The van der Waals surface area contributed by atoms with Crippen molar-refractivity contribution in [3.8, 4) is 0 Å². The summed E-state index contributed by atoms with van der Waals surface area (Å²) in [6.45, 7) is 4.73. The van der Waals surface area contributed by atoms with E-state index in [0.717, 1.165) is 10.6 Å². The quantitative estimate of drug-likeness (QED) is 0.728. The van der Waals surface area contributed by atoms with E-state index in [-0.39, 0.29) is 12.4 Å². The lowest BCUT2D eigenvalue weighted by atomic mass is 10.4. The third-order valence-corrected chi connectivity index (χ3v) is 4.53. The van der Waals surface area contributed by atoms with Crippen molar-refractivity contribution in [2.45, 2.75) is 13.8 Å². The number of aryl methyl sites for hydroxylation is 2. The lowest BCUT2D eigenvalue weighted by Gasteiger charge is -2.05. The van der Waals surface area contributed by atoms with E-state index in [4.69, 9.17) is 9.47 Å². The second kappa shape index (κ2) is 7.03. The first-order valence-corrected chi connectivity index (χ1v) is 7.92. The SMILES string of the molecule is COCCOCCS(=O)(=O)Nc1nc(C)c(C)s1. The zero-order valence-electron chi connectivity index (χ0n) is 10.7. The first-order valence-electron chi connectivity index (χ1n) is 5.46. The molecule has 1 aromatic heterocycles. The Morgan fingerprint density at radius 1 is 1.28 bits per heavy atom. The predicted molar refractivity (Wildman–Crippen MR) is 71.7 cm³/mol. The number of sulfonamides is 1. The van der Waals surface area contributed by atoms with Crippen molar-refractivity contribution in [1.29, 1.82) is 0 Å². The first kappa shape index (κ1) is 15.4. The van der Waals surface area contributed by atoms with Crippen LogP contribution in [0.1, 0.15) is 10.6 Å². The zero-order valence-corrected chi connectivity index (χ0v) is 12.4. The van der Waals surface area contributed by atoms with Gasteiger partial charge in [-0.25, -0.2) is 13.4 Å². The van der Waals surface area contributed by atoms with Gasteiger partial charge in [0.2, 0.25) is 10.0 Å². The Hall–Kier alpha value is -0.700. The van der Waals surface area contributed by atoms with Crippen LogP contribution in [0.4, 0.5) is 5.13 Å². The molecule has 0 aliphatic rings. The molecule has 0 atom stereocenters. The van der Waals surface area contributed by atoms with Crippen LogP contribution in [0.2, 0.25) is 0 Å². The summed E-state index contributed by atoms with van der Waals surface area (Å²) in [5.41, 5.74) is 0.842. The number of aromatic nitrogens is 1. The lowest BCUT2D eigenvalue weighted by Crippen LogP contribution is -2.20. The average molecular weight is 294 g/mol. The Kier molecular flexibility index (Phi) is 6.00. The fourth-order valence-electron chi connectivity index (χ4n) is 1.11. The number of ether oxygens (including phenoxy) is 2. The Bertz CT molecular complexity index is 451. The minimum absolute atomic E-state index is 0.0889. The van der Waals surface area contributed by atoms with Crippen LogP contribution < -0.4 is 4.72 Å². The highest BCUT2D eigenvalue weighted by molar-refractivity contribution is 7.92. The molecule has 6 nitrogen and oxygen atoms in total. The second-order valence-corrected chi connectivity index (χ2v) is 6.73. The molecule has 0 unspecified atom stereocenters. The molecule has 1 heterocycles. The van der Waals surface area contributed by atoms with Crippen molar-refractivity contribution < 1.29 is 17.9 Å². The molecule has 1 N–H and O–H groups in total. The summed E-state index contributed by atoms with van der Waals surface area (Å²) in [5, 5.41) is 0.405. The topological polar surface area (TPSA) is 77.5 Å². The number of nitrogens with zero attached hydrogens (tertiary/aromatic N) is 1. The number of hydrogen-bond donors (Lipinski definition) is 1. The molecule has 0 aromatic carbocycles. The minimum atomic E-state index is -3.39. The smallest absolute Gasteiger partial charge is 0.236 e. The Labute approximate surface area is 111 Å². The normalized spacial score (nSPS) is 11.7. The van der Waals surface area contributed by atoms with E-state index in [1.165, 1.54) is 11.3 Å². The minimum Gasteiger partial charge on any atom is -0.382 e. The van der Waals surface area contributed by atoms with E-state index in [2.05, 4.69) is 9.71 Å². The molecule has 8 heteroatoms. The first-order chi connectivity index (χ1) is 8.44. The molecule has 1 aromatic rings. The largest absolute Gasteiger partial charge is 0.382 e.